The number of nitrogens with one attached hydrogen (secondary N) is 1. The molecule has 3 rings (SSSR count). The van der Waals surface area contributed by atoms with Crippen LogP contribution in [0, 0.1) is 5.92 Å². The van der Waals surface area contributed by atoms with Gasteiger partial charge >= 0.3 is 0 Å². The van der Waals surface area contributed by atoms with Gasteiger partial charge in [-0.1, -0.05) is 31.2 Å². The van der Waals surface area contributed by atoms with Crippen molar-refractivity contribution in [3.63, 3.8) is 0 Å². The van der Waals surface area contributed by atoms with Gasteiger partial charge in [0.15, 0.2) is 5.96 Å². The lowest BCUT2D eigenvalue weighted by Gasteiger charge is -2.33. The monoisotopic (exact) mass is 509 g/mol. The summed E-state index contributed by atoms with van der Waals surface area (Å²) < 4.78 is 5.86. The van der Waals surface area contributed by atoms with Gasteiger partial charge < -0.3 is 25.6 Å². The summed E-state index contributed by atoms with van der Waals surface area (Å²) in [5, 5.41) is 3.16. The lowest BCUT2D eigenvalue weighted by molar-refractivity contribution is 0.140. The number of halogens is 1. The second-order valence-corrected chi connectivity index (χ2v) is 7.50. The summed E-state index contributed by atoms with van der Waals surface area (Å²) in [5.74, 6) is 2.46. The molecule has 1 fully saturated rings. The number of nitrogens with two attached hydrogens (primary N) is 1. The molecule has 0 spiro atoms. The van der Waals surface area contributed by atoms with E-state index in [-0.39, 0.29) is 24.0 Å². The van der Waals surface area contributed by atoms with E-state index in [4.69, 9.17) is 10.5 Å². The van der Waals surface area contributed by atoms with Gasteiger partial charge in [0.2, 0.25) is 0 Å². The van der Waals surface area contributed by atoms with E-state index in [9.17, 15) is 0 Å². The highest BCUT2D eigenvalue weighted by Crippen LogP contribution is 2.23. The molecule has 1 saturated heterocycles. The van der Waals surface area contributed by atoms with Crippen molar-refractivity contribution in [2.24, 2.45) is 16.6 Å². The second kappa shape index (κ2) is 12.0. The highest BCUT2D eigenvalue weighted by Gasteiger charge is 2.15. The molecule has 0 aromatic heterocycles. The third kappa shape index (κ3) is 8.20. The van der Waals surface area contributed by atoms with Gasteiger partial charge in [0.05, 0.1) is 0 Å². The zero-order valence-electron chi connectivity index (χ0n) is 17.3. The summed E-state index contributed by atoms with van der Waals surface area (Å²) in [6, 6.07) is 17.4. The molecule has 7 heteroatoms. The highest BCUT2D eigenvalue weighted by atomic mass is 127. The SMILES string of the molecule is CC(CN=C(N)Nc1cccc(Oc2ccccc2)c1)CN1CCN(C)CC1.I. The number of nitrogens with zero attached hydrogens (tertiary/aromatic N) is 3. The van der Waals surface area contributed by atoms with E-state index in [1.165, 1.54) is 0 Å². The van der Waals surface area contributed by atoms with Crippen molar-refractivity contribution >= 4 is 35.6 Å². The molecule has 1 aliphatic rings. The summed E-state index contributed by atoms with van der Waals surface area (Å²) in [6.45, 7) is 8.54. The van der Waals surface area contributed by atoms with Crippen molar-refractivity contribution < 1.29 is 4.74 Å². The van der Waals surface area contributed by atoms with E-state index in [2.05, 4.69) is 34.1 Å². The quantitative estimate of drug-likeness (QED) is 0.339. The summed E-state index contributed by atoms with van der Waals surface area (Å²) in [5.41, 5.74) is 6.95. The predicted octanol–water partition coefficient (Wildman–Crippen LogP) is 3.71. The lowest BCUT2D eigenvalue weighted by atomic mass is 10.1. The van der Waals surface area contributed by atoms with Crippen molar-refractivity contribution in [1.82, 2.24) is 9.80 Å². The average molecular weight is 509 g/mol. The molecule has 2 aromatic rings. The Hall–Kier alpha value is -1.84. The molecule has 1 heterocycles. The molecule has 0 bridgehead atoms. The van der Waals surface area contributed by atoms with Gasteiger partial charge in [0, 0.05) is 51.0 Å². The number of piperazine rings is 1. The fraction of sp³-hybridized carbons (Fsp3) is 0.409. The average Bonchev–Trinajstić information content (AvgIpc) is 2.69. The van der Waals surface area contributed by atoms with Crippen LogP contribution in [-0.2, 0) is 0 Å². The van der Waals surface area contributed by atoms with Crippen molar-refractivity contribution in [1.29, 1.82) is 0 Å². The largest absolute Gasteiger partial charge is 0.457 e. The van der Waals surface area contributed by atoms with Crippen molar-refractivity contribution in [2.75, 3.05) is 51.6 Å². The number of rotatable bonds is 7. The molecule has 1 unspecified atom stereocenters. The number of likely N-dealkylation sites (N-methyl/N-ethyl adjacent to an activating group) is 1. The minimum Gasteiger partial charge on any atom is -0.457 e. The lowest BCUT2D eigenvalue weighted by Crippen LogP contribution is -2.46. The maximum absolute atomic E-state index is 6.09. The van der Waals surface area contributed by atoms with E-state index >= 15 is 0 Å². The number of aliphatic imine (C=N–C) groups is 1. The first-order valence-electron chi connectivity index (χ1n) is 9.89. The van der Waals surface area contributed by atoms with E-state index in [0.717, 1.165) is 49.9 Å². The standard InChI is InChI=1S/C22H31N5O.HI/c1-18(17-27-13-11-26(2)12-14-27)16-24-22(23)25-19-7-6-10-21(15-19)28-20-8-4-3-5-9-20;/h3-10,15,18H,11-14,16-17H2,1-2H3,(H3,23,24,25);1H. The van der Waals surface area contributed by atoms with Gasteiger partial charge in [-0.25, -0.2) is 0 Å². The third-order valence-electron chi connectivity index (χ3n) is 4.82. The number of hydrogen-bond donors (Lipinski definition) is 2. The number of hydrogen-bond acceptors (Lipinski definition) is 4. The Kier molecular flexibility index (Phi) is 9.69. The Morgan fingerprint density at radius 1 is 1.07 bits per heavy atom. The normalized spacial score (nSPS) is 16.7. The topological polar surface area (TPSA) is 66.1 Å². The molecule has 0 radical (unpaired) electrons. The molecule has 1 aliphatic heterocycles. The molecule has 0 amide bonds. The minimum absolute atomic E-state index is 0. The maximum Gasteiger partial charge on any atom is 0.193 e. The second-order valence-electron chi connectivity index (χ2n) is 7.50. The van der Waals surface area contributed by atoms with Gasteiger partial charge in [-0.2, -0.15) is 0 Å². The first kappa shape index (κ1) is 23.4. The van der Waals surface area contributed by atoms with E-state index < -0.39 is 0 Å². The van der Waals surface area contributed by atoms with E-state index in [1.807, 2.05) is 54.6 Å². The highest BCUT2D eigenvalue weighted by molar-refractivity contribution is 14.0. The van der Waals surface area contributed by atoms with Crippen LogP contribution in [0.5, 0.6) is 11.5 Å². The van der Waals surface area contributed by atoms with Crippen LogP contribution in [0.4, 0.5) is 5.69 Å². The zero-order valence-corrected chi connectivity index (χ0v) is 19.6. The predicted molar refractivity (Wildman–Crippen MR) is 132 cm³/mol. The first-order chi connectivity index (χ1) is 13.6. The van der Waals surface area contributed by atoms with Crippen LogP contribution in [0.1, 0.15) is 6.92 Å². The van der Waals surface area contributed by atoms with Crippen LogP contribution in [-0.4, -0.2) is 62.1 Å². The molecule has 6 nitrogen and oxygen atoms in total. The van der Waals surface area contributed by atoms with Gasteiger partial charge in [-0.05, 0) is 37.2 Å². The van der Waals surface area contributed by atoms with E-state index in [0.29, 0.717) is 18.4 Å². The smallest absolute Gasteiger partial charge is 0.193 e. The first-order valence-corrected chi connectivity index (χ1v) is 9.89. The van der Waals surface area contributed by atoms with Gasteiger partial charge in [0.1, 0.15) is 11.5 Å². The summed E-state index contributed by atoms with van der Waals surface area (Å²) in [6.07, 6.45) is 0. The Bertz CT molecular complexity index is 763. The van der Waals surface area contributed by atoms with Crippen molar-refractivity contribution in [2.45, 2.75) is 6.92 Å². The van der Waals surface area contributed by atoms with Gasteiger partial charge in [-0.3, -0.25) is 4.99 Å². The molecule has 158 valence electrons. The van der Waals surface area contributed by atoms with Crippen LogP contribution < -0.4 is 15.8 Å². The fourth-order valence-corrected chi connectivity index (χ4v) is 3.23. The Morgan fingerprint density at radius 3 is 2.48 bits per heavy atom. The summed E-state index contributed by atoms with van der Waals surface area (Å²) >= 11 is 0. The number of para-hydroxylation sites is 1. The van der Waals surface area contributed by atoms with Crippen LogP contribution >= 0.6 is 24.0 Å². The fourth-order valence-electron chi connectivity index (χ4n) is 3.23. The number of ether oxygens (including phenoxy) is 1. The number of anilines is 1. The molecule has 2 aromatic carbocycles. The van der Waals surface area contributed by atoms with Crippen LogP contribution in [0.15, 0.2) is 59.6 Å². The molecular formula is C22H32IN5O. The van der Waals surface area contributed by atoms with Gasteiger partial charge in [0.25, 0.3) is 0 Å². The number of benzene rings is 2. The summed E-state index contributed by atoms with van der Waals surface area (Å²) in [4.78, 5) is 9.40. The molecule has 0 saturated carbocycles. The van der Waals surface area contributed by atoms with Crippen LogP contribution in [0.2, 0.25) is 0 Å². The molecular weight excluding hydrogens is 477 g/mol. The summed E-state index contributed by atoms with van der Waals surface area (Å²) in [7, 11) is 2.18. The zero-order chi connectivity index (χ0) is 19.8. The van der Waals surface area contributed by atoms with Crippen molar-refractivity contribution in [3.8, 4) is 11.5 Å². The Balaban J connectivity index is 0.00000300. The van der Waals surface area contributed by atoms with Crippen LogP contribution in [0.25, 0.3) is 0 Å². The molecule has 3 N–H and O–H groups in total. The van der Waals surface area contributed by atoms with Gasteiger partial charge in [-0.15, -0.1) is 24.0 Å². The van der Waals surface area contributed by atoms with Crippen LogP contribution in [0.3, 0.4) is 0 Å². The molecule has 0 aliphatic carbocycles. The third-order valence-corrected chi connectivity index (χ3v) is 4.82. The molecule has 1 atom stereocenters. The number of guanidine groups is 1. The Labute approximate surface area is 191 Å². The van der Waals surface area contributed by atoms with Crippen molar-refractivity contribution in [3.05, 3.63) is 54.6 Å². The minimum atomic E-state index is 0. The molecule has 29 heavy (non-hydrogen) atoms. The maximum atomic E-state index is 6.09. The van der Waals surface area contributed by atoms with E-state index in [1.54, 1.807) is 0 Å². The Morgan fingerprint density at radius 2 is 1.76 bits per heavy atom.